The summed E-state index contributed by atoms with van der Waals surface area (Å²) < 4.78 is 4.86. The molecule has 0 radical (unpaired) electrons. The van der Waals surface area contributed by atoms with E-state index >= 15 is 0 Å². The maximum Gasteiger partial charge on any atom is 0.138 e. The summed E-state index contributed by atoms with van der Waals surface area (Å²) in [5.74, 6) is 2.10. The zero-order valence-corrected chi connectivity index (χ0v) is 18.1. The smallest absolute Gasteiger partial charge is 0.138 e. The number of nitrogens with one attached hydrogen (secondary N) is 1. The molecule has 1 aromatic heterocycles. The predicted octanol–water partition coefficient (Wildman–Crippen LogP) is 5.19. The molecule has 0 aliphatic heterocycles. The van der Waals surface area contributed by atoms with Gasteiger partial charge in [0.15, 0.2) is 0 Å². The Morgan fingerprint density at radius 2 is 1.21 bits per heavy atom. The number of nitrogen functional groups attached to an aromatic ring is 2. The molecule has 0 fully saturated rings. The number of fused-ring (bicyclic) bond motifs is 1. The predicted molar refractivity (Wildman–Crippen MR) is 133 cm³/mol. The molecule has 5 rings (SSSR count). The molecule has 7 heteroatoms. The van der Waals surface area contributed by atoms with E-state index in [1.54, 1.807) is 55.6 Å². The highest BCUT2D eigenvalue weighted by atomic mass is 16.5. The van der Waals surface area contributed by atoms with Gasteiger partial charge in [0.2, 0.25) is 0 Å². The fraction of sp³-hybridized carbons (Fsp3) is 0.0385. The number of ether oxygens (including phenoxy) is 1. The van der Waals surface area contributed by atoms with E-state index in [0.29, 0.717) is 11.4 Å². The van der Waals surface area contributed by atoms with Crippen molar-refractivity contribution >= 4 is 22.4 Å². The third-order valence-electron chi connectivity index (χ3n) is 4.60. The number of para-hydroxylation sites is 4. The van der Waals surface area contributed by atoms with Gasteiger partial charge in [-0.05, 0) is 72.8 Å². The summed E-state index contributed by atoms with van der Waals surface area (Å²) in [5, 5.41) is 18.0. The van der Waals surface area contributed by atoms with Gasteiger partial charge >= 0.3 is 0 Å². The second kappa shape index (κ2) is 11.1. The molecule has 0 unspecified atom stereocenters. The number of hydrogen-bond acceptors (Lipinski definition) is 6. The monoisotopic (exact) mass is 442 g/mol. The van der Waals surface area contributed by atoms with Gasteiger partial charge < -0.3 is 31.4 Å². The van der Waals surface area contributed by atoms with Crippen LogP contribution in [-0.2, 0) is 0 Å². The molecule has 5 aromatic rings. The summed E-state index contributed by atoms with van der Waals surface area (Å²) in [6.45, 7) is 0. The Balaban J connectivity index is 0.000000153. The van der Waals surface area contributed by atoms with Gasteiger partial charge in [-0.15, -0.1) is 0 Å². The number of methoxy groups -OCH3 is 1. The number of benzene rings is 4. The molecule has 168 valence electrons. The second-order valence-corrected chi connectivity index (χ2v) is 6.98. The zero-order chi connectivity index (χ0) is 23.6. The largest absolute Gasteiger partial charge is 0.508 e. The van der Waals surface area contributed by atoms with Gasteiger partial charge in [0, 0.05) is 5.56 Å². The van der Waals surface area contributed by atoms with Gasteiger partial charge in [-0.25, -0.2) is 4.98 Å². The number of imidazole rings is 1. The lowest BCUT2D eigenvalue weighted by Gasteiger charge is -1.96. The van der Waals surface area contributed by atoms with E-state index in [4.69, 9.17) is 21.3 Å². The first-order valence-electron chi connectivity index (χ1n) is 10.1. The lowest BCUT2D eigenvalue weighted by molar-refractivity contribution is 0.412. The number of hydrogen-bond donors (Lipinski definition) is 5. The van der Waals surface area contributed by atoms with Crippen molar-refractivity contribution in [1.82, 2.24) is 9.97 Å². The molecule has 0 aliphatic rings. The lowest BCUT2D eigenvalue weighted by atomic mass is 10.2. The van der Waals surface area contributed by atoms with Crippen LogP contribution in [0.2, 0.25) is 0 Å². The van der Waals surface area contributed by atoms with Crippen molar-refractivity contribution in [2.24, 2.45) is 0 Å². The van der Waals surface area contributed by atoms with Crippen molar-refractivity contribution in [3.05, 3.63) is 97.1 Å². The second-order valence-electron chi connectivity index (χ2n) is 6.98. The minimum atomic E-state index is 0.260. The highest BCUT2D eigenvalue weighted by Gasteiger charge is 2.03. The van der Waals surface area contributed by atoms with Crippen LogP contribution >= 0.6 is 0 Å². The first-order chi connectivity index (χ1) is 16.0. The van der Waals surface area contributed by atoms with Crippen LogP contribution in [0, 0.1) is 0 Å². The number of phenolic OH excluding ortho intramolecular Hbond substituents is 2. The average molecular weight is 443 g/mol. The molecule has 33 heavy (non-hydrogen) atoms. The Kier molecular flexibility index (Phi) is 7.75. The molecule has 1 heterocycles. The van der Waals surface area contributed by atoms with Gasteiger partial charge in [-0.2, -0.15) is 0 Å². The molecule has 0 aliphatic carbocycles. The van der Waals surface area contributed by atoms with Crippen molar-refractivity contribution in [3.63, 3.8) is 0 Å². The third-order valence-corrected chi connectivity index (χ3v) is 4.60. The molecule has 0 atom stereocenters. The van der Waals surface area contributed by atoms with Gasteiger partial charge in [-0.3, -0.25) is 0 Å². The topological polar surface area (TPSA) is 130 Å². The Labute approximate surface area is 191 Å². The Hall–Kier alpha value is -4.65. The normalized spacial score (nSPS) is 9.85. The maximum atomic E-state index is 9.21. The quantitative estimate of drug-likeness (QED) is 0.239. The van der Waals surface area contributed by atoms with Gasteiger partial charge in [0.25, 0.3) is 0 Å². The molecule has 4 aromatic carbocycles. The van der Waals surface area contributed by atoms with Crippen LogP contribution in [0.1, 0.15) is 0 Å². The molecule has 0 saturated carbocycles. The number of H-pyrrole nitrogens is 1. The Morgan fingerprint density at radius 3 is 1.73 bits per heavy atom. The number of anilines is 2. The number of aromatic amines is 1. The highest BCUT2D eigenvalue weighted by Crippen LogP contribution is 2.22. The standard InChI is InChI=1S/C13H10N2O.C7H8O2.C6H8N2/c16-10-7-5-9(6-8-10)13-14-11-3-1-2-4-12(11)15-13;1-9-7-4-2-6(8)3-5-7;7-5-3-1-2-4-6(5)8/h1-8,16H,(H,14,15);2-5,8H,1H3;1-4H,7-8H2. The molecule has 7 N–H and O–H groups in total. The van der Waals surface area contributed by atoms with Gasteiger partial charge in [0.05, 0.1) is 29.5 Å². The Morgan fingerprint density at radius 1 is 0.697 bits per heavy atom. The van der Waals surface area contributed by atoms with Crippen LogP contribution in [0.25, 0.3) is 22.4 Å². The van der Waals surface area contributed by atoms with E-state index in [1.807, 2.05) is 48.5 Å². The van der Waals surface area contributed by atoms with Crippen molar-refractivity contribution in [1.29, 1.82) is 0 Å². The summed E-state index contributed by atoms with van der Waals surface area (Å²) >= 11 is 0. The van der Waals surface area contributed by atoms with Crippen LogP contribution in [0.4, 0.5) is 11.4 Å². The number of rotatable bonds is 2. The highest BCUT2D eigenvalue weighted by molar-refractivity contribution is 5.79. The van der Waals surface area contributed by atoms with Gasteiger partial charge in [0.1, 0.15) is 23.1 Å². The van der Waals surface area contributed by atoms with Crippen molar-refractivity contribution in [2.75, 3.05) is 18.6 Å². The minimum absolute atomic E-state index is 0.260. The summed E-state index contributed by atoms with van der Waals surface area (Å²) in [4.78, 5) is 7.71. The van der Waals surface area contributed by atoms with Crippen LogP contribution in [0.5, 0.6) is 17.2 Å². The summed E-state index contributed by atoms with van der Waals surface area (Å²) in [6.07, 6.45) is 0. The molecule has 0 spiro atoms. The maximum absolute atomic E-state index is 9.21. The van der Waals surface area contributed by atoms with Crippen LogP contribution in [-0.4, -0.2) is 27.3 Å². The fourth-order valence-electron chi connectivity index (χ4n) is 2.80. The van der Waals surface area contributed by atoms with Crippen LogP contribution in [0.15, 0.2) is 97.1 Å². The van der Waals surface area contributed by atoms with Crippen LogP contribution < -0.4 is 16.2 Å². The third kappa shape index (κ3) is 6.67. The fourth-order valence-corrected chi connectivity index (χ4v) is 2.80. The number of phenols is 2. The molecule has 7 nitrogen and oxygen atoms in total. The number of aromatic hydroxyl groups is 2. The number of aromatic nitrogens is 2. The summed E-state index contributed by atoms with van der Waals surface area (Å²) in [5.41, 5.74) is 15.0. The zero-order valence-electron chi connectivity index (χ0n) is 18.1. The summed E-state index contributed by atoms with van der Waals surface area (Å²) in [7, 11) is 1.59. The van der Waals surface area contributed by atoms with E-state index in [2.05, 4.69) is 9.97 Å². The lowest BCUT2D eigenvalue weighted by Crippen LogP contribution is -1.91. The average Bonchev–Trinajstić information content (AvgIpc) is 3.27. The SMILES string of the molecule is COc1ccc(O)cc1.Nc1ccccc1N.Oc1ccc(-c2nc3ccccc3[nH]2)cc1. The van der Waals surface area contributed by atoms with Crippen molar-refractivity contribution in [2.45, 2.75) is 0 Å². The molecule has 0 amide bonds. The molecule has 0 bridgehead atoms. The molecule has 0 saturated heterocycles. The Bertz CT molecular complexity index is 1230. The van der Waals surface area contributed by atoms with Crippen molar-refractivity contribution < 1.29 is 14.9 Å². The first-order valence-corrected chi connectivity index (χ1v) is 10.1. The van der Waals surface area contributed by atoms with E-state index in [1.165, 1.54) is 0 Å². The van der Waals surface area contributed by atoms with E-state index < -0.39 is 0 Å². The minimum Gasteiger partial charge on any atom is -0.508 e. The number of nitrogens with zero attached hydrogens (tertiary/aromatic N) is 1. The number of nitrogens with two attached hydrogens (primary N) is 2. The summed E-state index contributed by atoms with van der Waals surface area (Å²) in [6, 6.07) is 28.7. The van der Waals surface area contributed by atoms with E-state index in [0.717, 1.165) is 28.2 Å². The van der Waals surface area contributed by atoms with Crippen LogP contribution in [0.3, 0.4) is 0 Å². The first kappa shape index (κ1) is 23.0. The van der Waals surface area contributed by atoms with Gasteiger partial charge in [-0.1, -0.05) is 24.3 Å². The molecular weight excluding hydrogens is 416 g/mol. The van der Waals surface area contributed by atoms with E-state index in [-0.39, 0.29) is 11.5 Å². The molecular formula is C26H26N4O3. The van der Waals surface area contributed by atoms with Crippen molar-refractivity contribution in [3.8, 4) is 28.6 Å². The van der Waals surface area contributed by atoms with E-state index in [9.17, 15) is 5.11 Å².